The van der Waals surface area contributed by atoms with Gasteiger partial charge in [-0.1, -0.05) is 18.2 Å². The van der Waals surface area contributed by atoms with E-state index in [4.69, 9.17) is 9.47 Å². The van der Waals surface area contributed by atoms with E-state index < -0.39 is 0 Å². The maximum Gasteiger partial charge on any atom is 0.310 e. The fourth-order valence-corrected chi connectivity index (χ4v) is 4.90. The zero-order valence-corrected chi connectivity index (χ0v) is 19.9. The minimum atomic E-state index is -0.180. The van der Waals surface area contributed by atoms with Crippen LogP contribution in [0.5, 0.6) is 5.75 Å². The first-order valence-electron chi connectivity index (χ1n) is 12.4. The van der Waals surface area contributed by atoms with Gasteiger partial charge in [-0.3, -0.25) is 14.5 Å². The Hall–Kier alpha value is -3.06. The molecule has 2 aliphatic heterocycles. The van der Waals surface area contributed by atoms with Gasteiger partial charge in [-0.15, -0.1) is 0 Å². The summed E-state index contributed by atoms with van der Waals surface area (Å²) in [5.41, 5.74) is 1.93. The highest BCUT2D eigenvalue weighted by Crippen LogP contribution is 2.27. The number of nitrogens with one attached hydrogen (secondary N) is 1. The number of piperidine rings is 2. The van der Waals surface area contributed by atoms with E-state index in [2.05, 4.69) is 27.2 Å². The van der Waals surface area contributed by atoms with Gasteiger partial charge in [0.15, 0.2) is 6.61 Å². The van der Waals surface area contributed by atoms with Crippen LogP contribution in [-0.4, -0.2) is 62.2 Å². The van der Waals surface area contributed by atoms with Gasteiger partial charge in [0, 0.05) is 37.1 Å². The number of benzene rings is 2. The molecular weight excluding hydrogens is 430 g/mol. The zero-order chi connectivity index (χ0) is 23.8. The van der Waals surface area contributed by atoms with Crippen LogP contribution in [0.1, 0.15) is 32.6 Å². The molecular formula is C27H35N3O4. The highest BCUT2D eigenvalue weighted by molar-refractivity contribution is 5.92. The molecule has 182 valence electrons. The fraction of sp³-hybridized carbons (Fsp3) is 0.481. The molecule has 7 heteroatoms. The van der Waals surface area contributed by atoms with Gasteiger partial charge in [-0.25, -0.2) is 0 Å². The molecule has 2 fully saturated rings. The summed E-state index contributed by atoms with van der Waals surface area (Å²) in [5.74, 6) is 0.480. The molecule has 0 spiro atoms. The molecule has 1 N–H and O–H groups in total. The summed E-state index contributed by atoms with van der Waals surface area (Å²) >= 11 is 0. The van der Waals surface area contributed by atoms with Crippen molar-refractivity contribution in [3.63, 3.8) is 0 Å². The second-order valence-electron chi connectivity index (χ2n) is 9.00. The van der Waals surface area contributed by atoms with Crippen molar-refractivity contribution in [2.45, 2.75) is 38.6 Å². The van der Waals surface area contributed by atoms with Gasteiger partial charge in [0.1, 0.15) is 5.75 Å². The van der Waals surface area contributed by atoms with E-state index in [1.54, 1.807) is 0 Å². The second kappa shape index (κ2) is 11.9. The van der Waals surface area contributed by atoms with Gasteiger partial charge in [-0.2, -0.15) is 0 Å². The highest BCUT2D eigenvalue weighted by Gasteiger charge is 2.32. The van der Waals surface area contributed by atoms with Crippen molar-refractivity contribution in [1.29, 1.82) is 0 Å². The van der Waals surface area contributed by atoms with Crippen molar-refractivity contribution in [2.75, 3.05) is 49.6 Å². The first-order chi connectivity index (χ1) is 16.6. The molecule has 2 aromatic rings. The number of ether oxygens (including phenoxy) is 2. The van der Waals surface area contributed by atoms with Crippen molar-refractivity contribution in [3.05, 3.63) is 54.6 Å². The van der Waals surface area contributed by atoms with Crippen LogP contribution in [0, 0.1) is 5.92 Å². The summed E-state index contributed by atoms with van der Waals surface area (Å²) in [6.07, 6.45) is 4.18. The predicted octanol–water partition coefficient (Wildman–Crippen LogP) is 3.95. The quantitative estimate of drug-likeness (QED) is 0.596. The lowest BCUT2D eigenvalue weighted by Crippen LogP contribution is -2.49. The standard InChI is InChI=1S/C27H35N3O4/c1-2-33-27(32)21-7-6-16-30(19-21)24-14-17-29(18-15-24)23-12-10-22(11-13-23)28-26(31)20-34-25-8-4-3-5-9-25/h3-5,8-13,21,24H,2,6-7,14-20H2,1H3,(H,28,31). The smallest absolute Gasteiger partial charge is 0.310 e. The maximum absolute atomic E-state index is 12.2. The summed E-state index contributed by atoms with van der Waals surface area (Å²) in [5, 5.41) is 2.89. The lowest BCUT2D eigenvalue weighted by molar-refractivity contribution is -0.150. The average molecular weight is 466 g/mol. The van der Waals surface area contributed by atoms with Crippen LogP contribution in [0.3, 0.4) is 0 Å². The number of likely N-dealkylation sites (tertiary alicyclic amines) is 1. The maximum atomic E-state index is 12.2. The summed E-state index contributed by atoms with van der Waals surface area (Å²) in [4.78, 5) is 29.2. The molecule has 0 radical (unpaired) electrons. The molecule has 4 rings (SSSR count). The third kappa shape index (κ3) is 6.50. The number of anilines is 2. The number of amides is 1. The van der Waals surface area contributed by atoms with Crippen molar-refractivity contribution in [2.24, 2.45) is 5.92 Å². The molecule has 2 aromatic carbocycles. The Kier molecular flexibility index (Phi) is 8.41. The summed E-state index contributed by atoms with van der Waals surface area (Å²) in [6.45, 7) is 6.18. The topological polar surface area (TPSA) is 71.1 Å². The normalized spacial score (nSPS) is 19.4. The molecule has 7 nitrogen and oxygen atoms in total. The molecule has 34 heavy (non-hydrogen) atoms. The molecule has 1 amide bonds. The molecule has 1 unspecified atom stereocenters. The van der Waals surface area contributed by atoms with Crippen molar-refractivity contribution < 1.29 is 19.1 Å². The number of esters is 1. The van der Waals surface area contributed by atoms with E-state index in [0.717, 1.165) is 57.5 Å². The van der Waals surface area contributed by atoms with E-state index in [-0.39, 0.29) is 24.4 Å². The average Bonchev–Trinajstić information content (AvgIpc) is 2.89. The third-order valence-corrected chi connectivity index (χ3v) is 6.68. The van der Waals surface area contributed by atoms with E-state index >= 15 is 0 Å². The van der Waals surface area contributed by atoms with Gasteiger partial charge >= 0.3 is 5.97 Å². The van der Waals surface area contributed by atoms with Crippen LogP contribution in [0.2, 0.25) is 0 Å². The van der Waals surface area contributed by atoms with E-state index in [0.29, 0.717) is 18.4 Å². The van der Waals surface area contributed by atoms with E-state index in [1.165, 1.54) is 5.69 Å². The monoisotopic (exact) mass is 465 g/mol. The summed E-state index contributed by atoms with van der Waals surface area (Å²) < 4.78 is 10.8. The molecule has 0 aromatic heterocycles. The zero-order valence-electron chi connectivity index (χ0n) is 19.9. The first-order valence-corrected chi connectivity index (χ1v) is 12.4. The molecule has 0 bridgehead atoms. The summed E-state index contributed by atoms with van der Waals surface area (Å²) in [7, 11) is 0. The Labute approximate surface area is 202 Å². The van der Waals surface area contributed by atoms with Gasteiger partial charge in [0.2, 0.25) is 0 Å². The lowest BCUT2D eigenvalue weighted by atomic mass is 9.94. The van der Waals surface area contributed by atoms with Crippen LogP contribution in [0.15, 0.2) is 54.6 Å². The Morgan fingerprint density at radius 3 is 2.41 bits per heavy atom. The molecule has 2 saturated heterocycles. The number of para-hydroxylation sites is 1. The van der Waals surface area contributed by atoms with Crippen LogP contribution in [-0.2, 0) is 14.3 Å². The number of hydrogen-bond acceptors (Lipinski definition) is 6. The molecule has 2 heterocycles. The van der Waals surface area contributed by atoms with Crippen molar-refractivity contribution in [1.82, 2.24) is 4.90 Å². The third-order valence-electron chi connectivity index (χ3n) is 6.68. The summed E-state index contributed by atoms with van der Waals surface area (Å²) in [6, 6.07) is 17.8. The van der Waals surface area contributed by atoms with Crippen molar-refractivity contribution >= 4 is 23.3 Å². The van der Waals surface area contributed by atoms with Gasteiger partial charge in [-0.05, 0) is 75.5 Å². The highest BCUT2D eigenvalue weighted by atomic mass is 16.5. The Balaban J connectivity index is 1.22. The van der Waals surface area contributed by atoms with E-state index in [1.807, 2.05) is 49.4 Å². The van der Waals surface area contributed by atoms with Crippen molar-refractivity contribution in [3.8, 4) is 5.75 Å². The Bertz CT molecular complexity index is 927. The number of carbonyl (C=O) groups is 2. The van der Waals surface area contributed by atoms with Crippen LogP contribution >= 0.6 is 0 Å². The van der Waals surface area contributed by atoms with Gasteiger partial charge < -0.3 is 19.7 Å². The minimum Gasteiger partial charge on any atom is -0.484 e. The molecule has 1 atom stereocenters. The SMILES string of the molecule is CCOC(=O)C1CCCN(C2CCN(c3ccc(NC(=O)COc4ccccc4)cc3)CC2)C1. The van der Waals surface area contributed by atoms with Crippen LogP contribution in [0.4, 0.5) is 11.4 Å². The molecule has 0 aliphatic carbocycles. The number of rotatable bonds is 8. The van der Waals surface area contributed by atoms with E-state index in [9.17, 15) is 9.59 Å². The van der Waals surface area contributed by atoms with Crippen LogP contribution < -0.4 is 15.0 Å². The first kappa shape index (κ1) is 24.1. The Morgan fingerprint density at radius 2 is 1.71 bits per heavy atom. The Morgan fingerprint density at radius 1 is 0.971 bits per heavy atom. The van der Waals surface area contributed by atoms with Gasteiger partial charge in [0.05, 0.1) is 12.5 Å². The second-order valence-corrected chi connectivity index (χ2v) is 9.00. The lowest BCUT2D eigenvalue weighted by Gasteiger charge is -2.42. The van der Waals surface area contributed by atoms with Gasteiger partial charge in [0.25, 0.3) is 5.91 Å². The van der Waals surface area contributed by atoms with Crippen LogP contribution in [0.25, 0.3) is 0 Å². The largest absolute Gasteiger partial charge is 0.484 e. The molecule has 0 saturated carbocycles. The number of carbonyl (C=O) groups excluding carboxylic acids is 2. The predicted molar refractivity (Wildman–Crippen MR) is 133 cm³/mol. The molecule has 2 aliphatic rings. The number of nitrogens with zero attached hydrogens (tertiary/aromatic N) is 2. The fourth-order valence-electron chi connectivity index (χ4n) is 4.90. The minimum absolute atomic E-state index is 0.0209. The number of hydrogen-bond donors (Lipinski definition) is 1.